The van der Waals surface area contributed by atoms with E-state index in [4.69, 9.17) is 4.74 Å². The van der Waals surface area contributed by atoms with Gasteiger partial charge in [-0.2, -0.15) is 0 Å². The van der Waals surface area contributed by atoms with E-state index in [0.717, 1.165) is 60.3 Å². The Bertz CT molecular complexity index is 1400. The van der Waals surface area contributed by atoms with Gasteiger partial charge in [-0.3, -0.25) is 4.79 Å². The molecule has 3 nitrogen and oxygen atoms in total. The van der Waals surface area contributed by atoms with Crippen LogP contribution in [0.3, 0.4) is 0 Å². The van der Waals surface area contributed by atoms with Crippen molar-refractivity contribution in [3.05, 3.63) is 121 Å². The van der Waals surface area contributed by atoms with Crippen LogP contribution in [0.5, 0.6) is 5.75 Å². The lowest BCUT2D eigenvalue weighted by Crippen LogP contribution is -2.37. The maximum Gasteiger partial charge on any atom is 0.188 e. The van der Waals surface area contributed by atoms with Gasteiger partial charge in [0.2, 0.25) is 0 Å². The number of benzene rings is 3. The van der Waals surface area contributed by atoms with Crippen LogP contribution in [0.2, 0.25) is 0 Å². The summed E-state index contributed by atoms with van der Waals surface area (Å²) in [6, 6.07) is 24.4. The molecule has 5 rings (SSSR count). The van der Waals surface area contributed by atoms with Crippen LogP contribution < -0.4 is 10.1 Å². The number of allylic oxidation sites excluding steroid dienone is 4. The highest BCUT2D eigenvalue weighted by molar-refractivity contribution is 9.10. The van der Waals surface area contributed by atoms with Crippen molar-refractivity contribution in [3.63, 3.8) is 0 Å². The zero-order valence-corrected chi connectivity index (χ0v) is 23.6. The molecule has 3 aromatic rings. The monoisotopic (exact) mass is 603 g/mol. The molecule has 2 aliphatic rings. The number of nitrogens with one attached hydrogen (secondary N) is 1. The average Bonchev–Trinajstić information content (AvgIpc) is 2.87. The fourth-order valence-electron chi connectivity index (χ4n) is 4.98. The van der Waals surface area contributed by atoms with Crippen LogP contribution in [0.15, 0.2) is 105 Å². The van der Waals surface area contributed by atoms with Gasteiger partial charge >= 0.3 is 0 Å². The van der Waals surface area contributed by atoms with Crippen molar-refractivity contribution < 1.29 is 9.53 Å². The summed E-state index contributed by atoms with van der Waals surface area (Å²) in [6.07, 6.45) is 4.97. The van der Waals surface area contributed by atoms with E-state index >= 15 is 0 Å². The predicted molar refractivity (Wildman–Crippen MR) is 154 cm³/mol. The van der Waals surface area contributed by atoms with Crippen molar-refractivity contribution in [1.29, 1.82) is 0 Å². The normalized spacial score (nSPS) is 20.0. The molecule has 0 amide bonds. The van der Waals surface area contributed by atoms with Gasteiger partial charge < -0.3 is 10.1 Å². The van der Waals surface area contributed by atoms with E-state index in [0.29, 0.717) is 0 Å². The van der Waals surface area contributed by atoms with Crippen LogP contribution in [-0.2, 0) is 4.79 Å². The fourth-order valence-corrected chi connectivity index (χ4v) is 5.50. The third kappa shape index (κ3) is 4.87. The Kier molecular flexibility index (Phi) is 6.80. The number of halogens is 2. The van der Waals surface area contributed by atoms with Gasteiger partial charge in [-0.15, -0.1) is 0 Å². The first-order valence-electron chi connectivity index (χ1n) is 11.9. The lowest BCUT2D eigenvalue weighted by molar-refractivity contribution is -0.113. The number of hydrogen-bond donors (Lipinski definition) is 1. The number of carbonyl (C=O) groups excluding carboxylic acids is 1. The van der Waals surface area contributed by atoms with Gasteiger partial charge in [0.05, 0.1) is 7.11 Å². The first kappa shape index (κ1) is 24.8. The number of Topliss-reactive ketones (excluding diaryl/α,β-unsaturated/α-hetero) is 1. The molecule has 1 unspecified atom stereocenters. The minimum absolute atomic E-state index is 0.101. The molecule has 5 heteroatoms. The van der Waals surface area contributed by atoms with Crippen LogP contribution >= 0.6 is 31.9 Å². The highest BCUT2D eigenvalue weighted by Crippen LogP contribution is 2.48. The predicted octanol–water partition coefficient (Wildman–Crippen LogP) is 8.28. The van der Waals surface area contributed by atoms with Crippen LogP contribution in [0, 0.1) is 5.41 Å². The number of dihydropyridines is 1. The fraction of sp³-hybridized carbons (Fsp3) is 0.194. The van der Waals surface area contributed by atoms with Gasteiger partial charge in [0.15, 0.2) is 5.78 Å². The second-order valence-corrected chi connectivity index (χ2v) is 11.7. The molecular weight excluding hydrogens is 578 g/mol. The lowest BCUT2D eigenvalue weighted by Gasteiger charge is -2.40. The maximum absolute atomic E-state index is 14.2. The van der Waals surface area contributed by atoms with Gasteiger partial charge in [-0.05, 0) is 77.1 Å². The summed E-state index contributed by atoms with van der Waals surface area (Å²) in [5.74, 6) is 0.758. The molecule has 0 spiro atoms. The standard InChI is InChI=1S/C31H27Br2NO2/c1-31(2)18-28-29(30(35)26(31)16-19-4-14-24(36-3)15-5-19)25(20-6-10-22(32)11-7-20)17-27(34-28)21-8-12-23(33)13-9-21/h4-17,25,34H,18H2,1-3H3/b26-16+. The van der Waals surface area contributed by atoms with Crippen molar-refractivity contribution in [2.75, 3.05) is 7.11 Å². The van der Waals surface area contributed by atoms with Gasteiger partial charge in [-0.1, -0.05) is 82.1 Å². The molecule has 1 atom stereocenters. The molecule has 0 aromatic heterocycles. The maximum atomic E-state index is 14.2. The largest absolute Gasteiger partial charge is 0.497 e. The van der Waals surface area contributed by atoms with Gasteiger partial charge in [-0.25, -0.2) is 0 Å². The zero-order valence-electron chi connectivity index (χ0n) is 20.4. The Morgan fingerprint density at radius 2 is 1.53 bits per heavy atom. The third-order valence-corrected chi connectivity index (χ3v) is 7.96. The highest BCUT2D eigenvalue weighted by atomic mass is 79.9. The first-order valence-corrected chi connectivity index (χ1v) is 13.5. The smallest absolute Gasteiger partial charge is 0.188 e. The molecular formula is C31H27Br2NO2. The van der Waals surface area contributed by atoms with E-state index in [1.54, 1.807) is 7.11 Å². The van der Waals surface area contributed by atoms with E-state index in [1.165, 1.54) is 0 Å². The molecule has 1 N–H and O–H groups in total. The Morgan fingerprint density at radius 1 is 0.917 bits per heavy atom. The zero-order chi connectivity index (χ0) is 25.4. The topological polar surface area (TPSA) is 38.3 Å². The SMILES string of the molecule is COc1ccc(/C=C2\C(=O)C3=C(CC2(C)C)NC(c2ccc(Br)cc2)=CC3c2ccc(Br)cc2)cc1. The highest BCUT2D eigenvalue weighted by Gasteiger charge is 2.42. The molecule has 0 saturated heterocycles. The minimum Gasteiger partial charge on any atom is -0.497 e. The summed E-state index contributed by atoms with van der Waals surface area (Å²) in [6.45, 7) is 4.30. The summed E-state index contributed by atoms with van der Waals surface area (Å²) in [7, 11) is 1.66. The van der Waals surface area contributed by atoms with Gasteiger partial charge in [0, 0.05) is 37.4 Å². The second-order valence-electron chi connectivity index (χ2n) is 9.85. The molecule has 1 aliphatic carbocycles. The van der Waals surface area contributed by atoms with Crippen molar-refractivity contribution in [2.24, 2.45) is 5.41 Å². The van der Waals surface area contributed by atoms with Gasteiger partial charge in [0.25, 0.3) is 0 Å². The molecule has 0 radical (unpaired) electrons. The van der Waals surface area contributed by atoms with Crippen LogP contribution in [-0.4, -0.2) is 12.9 Å². The minimum atomic E-state index is -0.324. The molecule has 1 heterocycles. The molecule has 0 bridgehead atoms. The number of carbonyl (C=O) groups is 1. The lowest BCUT2D eigenvalue weighted by atomic mass is 9.67. The van der Waals surface area contributed by atoms with E-state index in [9.17, 15) is 4.79 Å². The average molecular weight is 605 g/mol. The molecule has 0 saturated carbocycles. The van der Waals surface area contributed by atoms with E-state index in [2.05, 4.69) is 81.4 Å². The molecule has 1 aliphatic heterocycles. The van der Waals surface area contributed by atoms with Crippen molar-refractivity contribution in [1.82, 2.24) is 5.32 Å². The Morgan fingerprint density at radius 3 is 2.14 bits per heavy atom. The number of rotatable bonds is 4. The molecule has 3 aromatic carbocycles. The van der Waals surface area contributed by atoms with Crippen LogP contribution in [0.1, 0.15) is 42.9 Å². The van der Waals surface area contributed by atoms with E-state index in [1.807, 2.05) is 54.6 Å². The van der Waals surface area contributed by atoms with Crippen molar-refractivity contribution in [2.45, 2.75) is 26.2 Å². The summed E-state index contributed by atoms with van der Waals surface area (Å²) in [5.41, 5.74) is 6.55. The summed E-state index contributed by atoms with van der Waals surface area (Å²) in [5, 5.41) is 3.64. The van der Waals surface area contributed by atoms with Crippen LogP contribution in [0.25, 0.3) is 11.8 Å². The summed E-state index contributed by atoms with van der Waals surface area (Å²) in [4.78, 5) is 14.2. The number of ether oxygens (including phenoxy) is 1. The number of methoxy groups -OCH3 is 1. The Hall–Kier alpha value is -2.89. The molecule has 0 fully saturated rings. The molecule has 36 heavy (non-hydrogen) atoms. The Balaban J connectivity index is 1.61. The van der Waals surface area contributed by atoms with Crippen molar-refractivity contribution >= 4 is 49.4 Å². The number of ketones is 1. The molecule has 182 valence electrons. The van der Waals surface area contributed by atoms with Crippen LogP contribution in [0.4, 0.5) is 0 Å². The third-order valence-electron chi connectivity index (χ3n) is 6.90. The second kappa shape index (κ2) is 9.87. The summed E-state index contributed by atoms with van der Waals surface area (Å²) < 4.78 is 7.35. The first-order chi connectivity index (χ1) is 17.2. The van der Waals surface area contributed by atoms with E-state index in [-0.39, 0.29) is 17.1 Å². The van der Waals surface area contributed by atoms with E-state index < -0.39 is 0 Å². The quantitative estimate of drug-likeness (QED) is 0.305. The summed E-state index contributed by atoms with van der Waals surface area (Å²) >= 11 is 7.08. The van der Waals surface area contributed by atoms with Gasteiger partial charge in [0.1, 0.15) is 5.75 Å². The Labute approximate surface area is 229 Å². The van der Waals surface area contributed by atoms with Crippen molar-refractivity contribution in [3.8, 4) is 5.75 Å². The number of hydrogen-bond acceptors (Lipinski definition) is 3.